The fourth-order valence-electron chi connectivity index (χ4n) is 4.39. The van der Waals surface area contributed by atoms with E-state index in [1.807, 2.05) is 0 Å². The van der Waals surface area contributed by atoms with E-state index in [-0.39, 0.29) is 58.0 Å². The zero-order chi connectivity index (χ0) is 31.5. The smallest absolute Gasteiger partial charge is 0.470 e. The van der Waals surface area contributed by atoms with E-state index in [0.29, 0.717) is 0 Å². The van der Waals surface area contributed by atoms with Crippen LogP contribution in [-0.2, 0) is 22.1 Å². The van der Waals surface area contributed by atoms with Gasteiger partial charge in [0, 0.05) is 42.4 Å². The molecule has 43 heavy (non-hydrogen) atoms. The summed E-state index contributed by atoms with van der Waals surface area (Å²) in [6.07, 6.45) is -3.84. The topological polar surface area (TPSA) is 140 Å². The number of primary amides is 1. The Kier molecular flexibility index (Phi) is 9.30. The lowest BCUT2D eigenvalue weighted by Gasteiger charge is -2.21. The number of benzene rings is 2. The number of pyridine rings is 1. The largest absolute Gasteiger partial charge is 0.495 e. The van der Waals surface area contributed by atoms with Crippen LogP contribution < -0.4 is 16.0 Å². The second-order valence-electron chi connectivity index (χ2n) is 9.22. The minimum Gasteiger partial charge on any atom is -0.495 e. The second-order valence-corrected chi connectivity index (χ2v) is 9.66. The van der Waals surface area contributed by atoms with Gasteiger partial charge in [-0.3, -0.25) is 14.4 Å². The third-order valence-electron chi connectivity index (χ3n) is 6.41. The number of alkyl halides is 3. The summed E-state index contributed by atoms with van der Waals surface area (Å²) in [7, 11) is 2.70. The van der Waals surface area contributed by atoms with Crippen LogP contribution in [0.4, 0.5) is 17.6 Å². The number of carbonyl (C=O) groups is 2. The fraction of sp³-hybridized carbons (Fsp3) is 0.250. The van der Waals surface area contributed by atoms with Crippen LogP contribution in [0.25, 0.3) is 22.6 Å². The highest BCUT2D eigenvalue weighted by Crippen LogP contribution is 2.39. The third-order valence-corrected chi connectivity index (χ3v) is 6.65. The zero-order valence-corrected chi connectivity index (χ0v) is 23.3. The van der Waals surface area contributed by atoms with Crippen LogP contribution in [-0.4, -0.2) is 47.3 Å². The third kappa shape index (κ3) is 6.92. The maximum atomic E-state index is 14.3. The fourth-order valence-corrected chi connectivity index (χ4v) is 4.56. The first kappa shape index (κ1) is 31.4. The first-order chi connectivity index (χ1) is 20.3. The van der Waals surface area contributed by atoms with Crippen molar-refractivity contribution < 1.29 is 41.0 Å². The van der Waals surface area contributed by atoms with Gasteiger partial charge < -0.3 is 24.2 Å². The lowest BCUT2D eigenvalue weighted by Crippen LogP contribution is -2.31. The number of nitrogens with two attached hydrogens (primary N) is 1. The lowest BCUT2D eigenvalue weighted by atomic mass is 9.98. The van der Waals surface area contributed by atoms with Crippen LogP contribution in [0, 0.1) is 5.82 Å². The van der Waals surface area contributed by atoms with Crippen molar-refractivity contribution in [1.82, 2.24) is 14.8 Å². The van der Waals surface area contributed by atoms with E-state index in [0.717, 1.165) is 22.8 Å². The van der Waals surface area contributed by atoms with Gasteiger partial charge in [0.05, 0.1) is 24.9 Å². The molecule has 0 saturated carbocycles. The molecule has 4 rings (SSSR count). The number of rotatable bonds is 11. The number of amides is 1. The Labute approximate surface area is 246 Å². The summed E-state index contributed by atoms with van der Waals surface area (Å²) in [5.41, 5.74) is 4.68. The molecule has 10 nitrogen and oxygen atoms in total. The van der Waals surface area contributed by atoms with Crippen molar-refractivity contribution in [3.05, 3.63) is 86.9 Å². The molecule has 226 valence electrons. The number of carbonyl (C=O) groups excluding carboxylic acids is 2. The predicted molar refractivity (Wildman–Crippen MR) is 145 cm³/mol. The van der Waals surface area contributed by atoms with Gasteiger partial charge in [0.15, 0.2) is 5.78 Å². The summed E-state index contributed by atoms with van der Waals surface area (Å²) >= 11 is 6.18. The summed E-state index contributed by atoms with van der Waals surface area (Å²) in [6.45, 7) is 0.0824. The zero-order valence-electron chi connectivity index (χ0n) is 22.6. The molecule has 0 fully saturated rings. The molecule has 1 atom stereocenters. The molecule has 0 saturated heterocycles. The minimum atomic E-state index is -4.88. The molecule has 2 heterocycles. The van der Waals surface area contributed by atoms with Crippen LogP contribution in [0.2, 0.25) is 5.02 Å². The Bertz CT molecular complexity index is 1740. The van der Waals surface area contributed by atoms with Crippen molar-refractivity contribution in [1.29, 1.82) is 0 Å². The number of methoxy groups -OCH3 is 2. The highest BCUT2D eigenvalue weighted by molar-refractivity contribution is 6.31. The second kappa shape index (κ2) is 12.8. The molecule has 15 heteroatoms. The molecule has 0 bridgehead atoms. The first-order valence-electron chi connectivity index (χ1n) is 12.4. The maximum absolute atomic E-state index is 14.3. The van der Waals surface area contributed by atoms with Gasteiger partial charge >= 0.3 is 12.1 Å². The van der Waals surface area contributed by atoms with Crippen molar-refractivity contribution in [3.63, 3.8) is 0 Å². The molecule has 0 unspecified atom stereocenters. The average Bonchev–Trinajstić information content (AvgIpc) is 3.44. The van der Waals surface area contributed by atoms with Crippen molar-refractivity contribution in [2.45, 2.75) is 25.1 Å². The molecule has 2 aromatic heterocycles. The SMILES string of the molecule is COCC[C@@H](C(=O)Cc1ccc(C(N)=O)c(F)c1)n1cc(OC)c(-c2cc(Cl)ccc2-c2nnc(C(F)(F)F)o2)cc1=O. The Hall–Kier alpha value is -4.56. The highest BCUT2D eigenvalue weighted by atomic mass is 35.5. The molecule has 0 spiro atoms. The molecule has 0 radical (unpaired) electrons. The molecule has 4 aromatic rings. The van der Waals surface area contributed by atoms with Crippen LogP contribution in [0.1, 0.15) is 34.3 Å². The summed E-state index contributed by atoms with van der Waals surface area (Å²) in [5, 5.41) is 6.73. The average molecular weight is 623 g/mol. The van der Waals surface area contributed by atoms with Gasteiger partial charge in [-0.05, 0) is 47.9 Å². The molecule has 0 aliphatic carbocycles. The van der Waals surface area contributed by atoms with Gasteiger partial charge in [-0.1, -0.05) is 17.7 Å². The Morgan fingerprint density at radius 1 is 1.07 bits per heavy atom. The van der Waals surface area contributed by atoms with Crippen molar-refractivity contribution >= 4 is 23.3 Å². The number of nitrogens with zero attached hydrogens (tertiary/aromatic N) is 3. The van der Waals surface area contributed by atoms with Crippen LogP contribution >= 0.6 is 11.6 Å². The molecule has 1 amide bonds. The molecule has 2 aromatic carbocycles. The molecule has 2 N–H and O–H groups in total. The predicted octanol–water partition coefficient (Wildman–Crippen LogP) is 4.87. The van der Waals surface area contributed by atoms with Gasteiger partial charge in [0.1, 0.15) is 11.6 Å². The van der Waals surface area contributed by atoms with Gasteiger partial charge in [0.2, 0.25) is 5.89 Å². The Balaban J connectivity index is 1.77. The number of hydrogen-bond acceptors (Lipinski definition) is 8. The van der Waals surface area contributed by atoms with Crippen LogP contribution in [0.15, 0.2) is 57.9 Å². The minimum absolute atomic E-state index is 0.0382. The number of ketones is 1. The van der Waals surface area contributed by atoms with E-state index in [1.165, 1.54) is 44.7 Å². The first-order valence-corrected chi connectivity index (χ1v) is 12.8. The summed E-state index contributed by atoms with van der Waals surface area (Å²) in [4.78, 5) is 38.2. The van der Waals surface area contributed by atoms with E-state index in [9.17, 15) is 31.9 Å². The van der Waals surface area contributed by atoms with E-state index in [2.05, 4.69) is 10.2 Å². The van der Waals surface area contributed by atoms with Crippen LogP contribution in [0.3, 0.4) is 0 Å². The number of aromatic nitrogens is 3. The van der Waals surface area contributed by atoms with E-state index < -0.39 is 47.1 Å². The van der Waals surface area contributed by atoms with Crippen LogP contribution in [0.5, 0.6) is 5.75 Å². The molecular weight excluding hydrogens is 600 g/mol. The Morgan fingerprint density at radius 2 is 1.81 bits per heavy atom. The van der Waals surface area contributed by atoms with E-state index >= 15 is 0 Å². The van der Waals surface area contributed by atoms with Gasteiger partial charge in [0.25, 0.3) is 11.5 Å². The van der Waals surface area contributed by atoms with Crippen molar-refractivity contribution in [2.75, 3.05) is 20.8 Å². The molecule has 0 aliphatic heterocycles. The van der Waals surface area contributed by atoms with Gasteiger partial charge in [-0.15, -0.1) is 10.2 Å². The van der Waals surface area contributed by atoms with Crippen molar-refractivity contribution in [3.8, 4) is 28.3 Å². The number of Topliss-reactive ketones (excluding diaryl/α,β-unsaturated/α-hetero) is 1. The number of hydrogen-bond donors (Lipinski definition) is 1. The summed E-state index contributed by atoms with van der Waals surface area (Å²) in [5.74, 6) is -4.31. The van der Waals surface area contributed by atoms with Gasteiger partial charge in [-0.2, -0.15) is 13.2 Å². The standard InChI is InChI=1S/C28H23ClF4N4O6/c1-41-8-7-21(22(38)10-14-3-5-17(25(34)40)20(30)9-14)37-13-23(42-2)19(12-24(37)39)18-11-15(29)4-6-16(18)26-35-36-27(43-26)28(31,32)33/h3-6,9,11-13,21H,7-8,10H2,1-2H3,(H2,34,40)/t21-/m0/s1. The molecule has 0 aliphatic rings. The van der Waals surface area contributed by atoms with Gasteiger partial charge in [-0.25, -0.2) is 4.39 Å². The van der Waals surface area contributed by atoms with E-state index in [1.54, 1.807) is 0 Å². The number of halogens is 5. The summed E-state index contributed by atoms with van der Waals surface area (Å²) in [6, 6.07) is 7.73. The normalized spacial score (nSPS) is 12.3. The highest BCUT2D eigenvalue weighted by Gasteiger charge is 2.38. The monoisotopic (exact) mass is 622 g/mol. The quantitative estimate of drug-likeness (QED) is 0.234. The lowest BCUT2D eigenvalue weighted by molar-refractivity contribution is -0.157. The van der Waals surface area contributed by atoms with Crippen molar-refractivity contribution in [2.24, 2.45) is 5.73 Å². The number of ether oxygens (including phenoxy) is 2. The van der Waals surface area contributed by atoms with E-state index in [4.69, 9.17) is 31.2 Å². The summed E-state index contributed by atoms with van der Waals surface area (Å²) < 4.78 is 70.2. The maximum Gasteiger partial charge on any atom is 0.470 e. The Morgan fingerprint density at radius 3 is 2.42 bits per heavy atom. The molecular formula is C28H23ClF4N4O6.